The highest BCUT2D eigenvalue weighted by Crippen LogP contribution is 2.25. The Morgan fingerprint density at radius 3 is 2.50 bits per heavy atom. The average molecular weight is 237 g/mol. The lowest BCUT2D eigenvalue weighted by Gasteiger charge is -2.03. The molecule has 1 aromatic heterocycles. The van der Waals surface area contributed by atoms with Crippen LogP contribution in [0.2, 0.25) is 0 Å². The van der Waals surface area contributed by atoms with Gasteiger partial charge in [-0.05, 0) is 25.0 Å². The van der Waals surface area contributed by atoms with Crippen molar-refractivity contribution >= 4 is 11.6 Å². The van der Waals surface area contributed by atoms with Gasteiger partial charge in [-0.3, -0.25) is 0 Å². The molecule has 2 aromatic rings. The summed E-state index contributed by atoms with van der Waals surface area (Å²) in [6, 6.07) is 6.09. The minimum Gasteiger partial charge on any atom is -0.421 e. The lowest BCUT2D eigenvalue weighted by molar-refractivity contribution is 0.513. The van der Waals surface area contributed by atoms with Gasteiger partial charge in [0.2, 0.25) is 11.8 Å². The number of benzene rings is 1. The smallest absolute Gasteiger partial charge is 0.248 e. The maximum Gasteiger partial charge on any atom is 0.248 e. The minimum atomic E-state index is 0.494. The Labute approximate surface area is 99.5 Å². The third-order valence-electron chi connectivity index (χ3n) is 2.47. The van der Waals surface area contributed by atoms with E-state index < -0.39 is 0 Å². The molecule has 0 saturated heterocycles. The third kappa shape index (κ3) is 2.09. The van der Waals surface area contributed by atoms with Crippen molar-refractivity contribution in [3.05, 3.63) is 35.2 Å². The Hall–Kier alpha value is -1.35. The van der Waals surface area contributed by atoms with Gasteiger partial charge in [-0.25, -0.2) is 0 Å². The van der Waals surface area contributed by atoms with Gasteiger partial charge in [0.1, 0.15) is 0 Å². The second-order valence-electron chi connectivity index (χ2n) is 3.71. The van der Waals surface area contributed by atoms with Gasteiger partial charge in [-0.15, -0.1) is 21.8 Å². The molecular weight excluding hydrogens is 224 g/mol. The number of hydrogen-bond acceptors (Lipinski definition) is 3. The Balaban J connectivity index is 2.42. The van der Waals surface area contributed by atoms with Crippen molar-refractivity contribution in [2.75, 3.05) is 5.88 Å². The highest BCUT2D eigenvalue weighted by molar-refractivity contribution is 6.17. The topological polar surface area (TPSA) is 38.9 Å². The van der Waals surface area contributed by atoms with E-state index >= 15 is 0 Å². The first-order valence-electron chi connectivity index (χ1n) is 5.17. The van der Waals surface area contributed by atoms with Crippen molar-refractivity contribution in [3.63, 3.8) is 0 Å². The largest absolute Gasteiger partial charge is 0.421 e. The highest BCUT2D eigenvalue weighted by atomic mass is 35.5. The van der Waals surface area contributed by atoms with Gasteiger partial charge in [-0.1, -0.05) is 18.2 Å². The standard InChI is InChI=1S/C12H13ClN2O/c1-8-4-3-5-9(2)11(8)12-15-14-10(16-12)6-7-13/h3-5H,6-7H2,1-2H3. The molecule has 4 heteroatoms. The Bertz CT molecular complexity index is 473. The van der Waals surface area contributed by atoms with Crippen LogP contribution in [-0.4, -0.2) is 16.1 Å². The molecule has 0 atom stereocenters. The van der Waals surface area contributed by atoms with E-state index in [2.05, 4.69) is 10.2 Å². The SMILES string of the molecule is Cc1cccc(C)c1-c1nnc(CCCl)o1. The molecule has 1 aromatic carbocycles. The fourth-order valence-corrected chi connectivity index (χ4v) is 1.85. The second kappa shape index (κ2) is 4.66. The molecule has 3 nitrogen and oxygen atoms in total. The summed E-state index contributed by atoms with van der Waals surface area (Å²) >= 11 is 5.63. The van der Waals surface area contributed by atoms with Crippen molar-refractivity contribution in [2.24, 2.45) is 0 Å². The first-order chi connectivity index (χ1) is 7.72. The van der Waals surface area contributed by atoms with Crippen LogP contribution in [-0.2, 0) is 6.42 Å². The highest BCUT2D eigenvalue weighted by Gasteiger charge is 2.12. The van der Waals surface area contributed by atoms with Gasteiger partial charge >= 0.3 is 0 Å². The van der Waals surface area contributed by atoms with E-state index in [9.17, 15) is 0 Å². The maximum atomic E-state index is 5.63. The summed E-state index contributed by atoms with van der Waals surface area (Å²) in [5, 5.41) is 8.01. The molecule has 0 fully saturated rings. The van der Waals surface area contributed by atoms with Gasteiger partial charge in [0.15, 0.2) is 0 Å². The summed E-state index contributed by atoms with van der Waals surface area (Å²) in [6.45, 7) is 4.07. The summed E-state index contributed by atoms with van der Waals surface area (Å²) in [5.74, 6) is 1.66. The molecule has 0 amide bonds. The molecule has 16 heavy (non-hydrogen) atoms. The maximum absolute atomic E-state index is 5.63. The number of nitrogens with zero attached hydrogens (tertiary/aromatic N) is 2. The number of alkyl halides is 1. The molecule has 0 radical (unpaired) electrons. The number of hydrogen-bond donors (Lipinski definition) is 0. The van der Waals surface area contributed by atoms with Crippen LogP contribution >= 0.6 is 11.6 Å². The molecule has 0 aliphatic carbocycles. The second-order valence-corrected chi connectivity index (χ2v) is 4.08. The van der Waals surface area contributed by atoms with Gasteiger partial charge in [-0.2, -0.15) is 0 Å². The Kier molecular flexibility index (Phi) is 3.25. The summed E-state index contributed by atoms with van der Waals surface area (Å²) in [5.41, 5.74) is 3.30. The van der Waals surface area contributed by atoms with Crippen molar-refractivity contribution in [1.82, 2.24) is 10.2 Å². The number of aromatic nitrogens is 2. The van der Waals surface area contributed by atoms with Gasteiger partial charge < -0.3 is 4.42 Å². The van der Waals surface area contributed by atoms with Crippen LogP contribution < -0.4 is 0 Å². The molecule has 84 valence electrons. The predicted molar refractivity (Wildman–Crippen MR) is 63.6 cm³/mol. The van der Waals surface area contributed by atoms with Crippen LogP contribution in [0.4, 0.5) is 0 Å². The first kappa shape index (κ1) is 11.1. The molecule has 0 N–H and O–H groups in total. The predicted octanol–water partition coefficient (Wildman–Crippen LogP) is 3.13. The van der Waals surface area contributed by atoms with Crippen LogP contribution in [0.5, 0.6) is 0 Å². The number of halogens is 1. The molecule has 0 aliphatic rings. The quantitative estimate of drug-likeness (QED) is 0.769. The summed E-state index contributed by atoms with van der Waals surface area (Å²) in [7, 11) is 0. The molecule has 0 saturated carbocycles. The molecule has 0 spiro atoms. The van der Waals surface area contributed by atoms with Gasteiger partial charge in [0, 0.05) is 17.9 Å². The zero-order valence-electron chi connectivity index (χ0n) is 9.33. The summed E-state index contributed by atoms with van der Waals surface area (Å²) < 4.78 is 5.57. The third-order valence-corrected chi connectivity index (χ3v) is 2.66. The zero-order chi connectivity index (χ0) is 11.5. The Morgan fingerprint density at radius 2 is 1.88 bits per heavy atom. The van der Waals surface area contributed by atoms with Crippen LogP contribution in [0.15, 0.2) is 22.6 Å². The van der Waals surface area contributed by atoms with E-state index in [-0.39, 0.29) is 0 Å². The molecule has 1 heterocycles. The minimum absolute atomic E-state index is 0.494. The van der Waals surface area contributed by atoms with Gasteiger partial charge in [0.05, 0.1) is 0 Å². The monoisotopic (exact) mass is 236 g/mol. The van der Waals surface area contributed by atoms with Crippen LogP contribution in [0, 0.1) is 13.8 Å². The summed E-state index contributed by atoms with van der Waals surface area (Å²) in [6.07, 6.45) is 0.611. The number of aryl methyl sites for hydroxylation is 3. The van der Waals surface area contributed by atoms with E-state index in [1.807, 2.05) is 32.0 Å². The molecule has 0 unspecified atom stereocenters. The van der Waals surface area contributed by atoms with E-state index in [1.165, 1.54) is 0 Å². The molecule has 0 aliphatic heterocycles. The van der Waals surface area contributed by atoms with E-state index in [0.717, 1.165) is 16.7 Å². The van der Waals surface area contributed by atoms with Crippen LogP contribution in [0.3, 0.4) is 0 Å². The molecule has 0 bridgehead atoms. The normalized spacial score (nSPS) is 10.7. The van der Waals surface area contributed by atoms with E-state index in [4.69, 9.17) is 16.0 Å². The van der Waals surface area contributed by atoms with Crippen molar-refractivity contribution in [3.8, 4) is 11.5 Å². The lowest BCUT2D eigenvalue weighted by atomic mass is 10.0. The van der Waals surface area contributed by atoms with Crippen LogP contribution in [0.25, 0.3) is 11.5 Å². The van der Waals surface area contributed by atoms with E-state index in [0.29, 0.717) is 24.1 Å². The fourth-order valence-electron chi connectivity index (χ4n) is 1.69. The molecular formula is C12H13ClN2O. The van der Waals surface area contributed by atoms with Crippen molar-refractivity contribution in [2.45, 2.75) is 20.3 Å². The summed E-state index contributed by atoms with van der Waals surface area (Å²) in [4.78, 5) is 0. The Morgan fingerprint density at radius 1 is 1.19 bits per heavy atom. The van der Waals surface area contributed by atoms with Gasteiger partial charge in [0.25, 0.3) is 0 Å². The number of rotatable bonds is 3. The van der Waals surface area contributed by atoms with Crippen molar-refractivity contribution in [1.29, 1.82) is 0 Å². The van der Waals surface area contributed by atoms with E-state index in [1.54, 1.807) is 0 Å². The first-order valence-corrected chi connectivity index (χ1v) is 5.70. The van der Waals surface area contributed by atoms with Crippen molar-refractivity contribution < 1.29 is 4.42 Å². The zero-order valence-corrected chi connectivity index (χ0v) is 10.1. The lowest BCUT2D eigenvalue weighted by Crippen LogP contribution is -1.87. The average Bonchev–Trinajstić information content (AvgIpc) is 2.67. The van der Waals surface area contributed by atoms with Crippen LogP contribution in [0.1, 0.15) is 17.0 Å². The fraction of sp³-hybridized carbons (Fsp3) is 0.333. The molecule has 2 rings (SSSR count).